The highest BCUT2D eigenvalue weighted by Crippen LogP contribution is 2.20. The number of para-hydroxylation sites is 1. The van der Waals surface area contributed by atoms with Crippen molar-refractivity contribution in [2.24, 2.45) is 0 Å². The summed E-state index contributed by atoms with van der Waals surface area (Å²) >= 11 is 9.18. The van der Waals surface area contributed by atoms with Crippen LogP contribution >= 0.6 is 27.5 Å². The summed E-state index contributed by atoms with van der Waals surface area (Å²) in [6.45, 7) is -0.592. The SMILES string of the molecule is O=C(COC(=O)CCC(=O)Nc1ccccc1Cl)NNC(=O)c1ccc(Br)cc1. The Bertz CT molecular complexity index is 905. The molecule has 0 aromatic heterocycles. The molecule has 8 nitrogen and oxygen atoms in total. The molecule has 0 spiro atoms. The van der Waals surface area contributed by atoms with Gasteiger partial charge < -0.3 is 10.1 Å². The van der Waals surface area contributed by atoms with Crippen molar-refractivity contribution >= 4 is 56.9 Å². The molecule has 0 aliphatic carbocycles. The number of carbonyl (C=O) groups excluding carboxylic acids is 4. The van der Waals surface area contributed by atoms with Crippen LogP contribution in [0.25, 0.3) is 0 Å². The van der Waals surface area contributed by atoms with E-state index < -0.39 is 30.3 Å². The van der Waals surface area contributed by atoms with Crippen molar-refractivity contribution in [3.63, 3.8) is 0 Å². The predicted octanol–water partition coefficient (Wildman–Crippen LogP) is 2.83. The van der Waals surface area contributed by atoms with Gasteiger partial charge in [0.25, 0.3) is 11.8 Å². The maximum Gasteiger partial charge on any atom is 0.306 e. The van der Waals surface area contributed by atoms with Crippen LogP contribution in [0, 0.1) is 0 Å². The highest BCUT2D eigenvalue weighted by atomic mass is 79.9. The van der Waals surface area contributed by atoms with Crippen molar-refractivity contribution in [1.29, 1.82) is 0 Å². The third-order valence-electron chi connectivity index (χ3n) is 3.49. The minimum Gasteiger partial charge on any atom is -0.455 e. The van der Waals surface area contributed by atoms with Crippen LogP contribution < -0.4 is 16.2 Å². The molecule has 10 heteroatoms. The topological polar surface area (TPSA) is 114 Å². The summed E-state index contributed by atoms with van der Waals surface area (Å²) in [5, 5.41) is 2.95. The lowest BCUT2D eigenvalue weighted by molar-refractivity contribution is -0.149. The maximum atomic E-state index is 11.8. The number of ether oxygens (including phenoxy) is 1. The second-order valence-electron chi connectivity index (χ2n) is 5.70. The van der Waals surface area contributed by atoms with Crippen molar-refractivity contribution in [1.82, 2.24) is 10.9 Å². The molecule has 0 fully saturated rings. The van der Waals surface area contributed by atoms with Crippen LogP contribution in [0.2, 0.25) is 5.02 Å². The normalized spacial score (nSPS) is 10.0. The van der Waals surface area contributed by atoms with Crippen LogP contribution in [0.15, 0.2) is 53.0 Å². The number of benzene rings is 2. The van der Waals surface area contributed by atoms with E-state index >= 15 is 0 Å². The van der Waals surface area contributed by atoms with Crippen LogP contribution in [0.5, 0.6) is 0 Å². The Labute approximate surface area is 180 Å². The minimum absolute atomic E-state index is 0.133. The van der Waals surface area contributed by atoms with E-state index in [1.165, 1.54) is 0 Å². The van der Waals surface area contributed by atoms with Gasteiger partial charge in [0.15, 0.2) is 6.61 Å². The van der Waals surface area contributed by atoms with Crippen molar-refractivity contribution in [3.8, 4) is 0 Å². The van der Waals surface area contributed by atoms with Crippen LogP contribution in [0.1, 0.15) is 23.2 Å². The summed E-state index contributed by atoms with van der Waals surface area (Å²) in [6.07, 6.45) is -0.346. The monoisotopic (exact) mass is 481 g/mol. The van der Waals surface area contributed by atoms with Gasteiger partial charge in [-0.1, -0.05) is 39.7 Å². The minimum atomic E-state index is -0.728. The first-order valence-electron chi connectivity index (χ1n) is 8.40. The average Bonchev–Trinajstić information content (AvgIpc) is 2.71. The molecule has 0 saturated carbocycles. The van der Waals surface area contributed by atoms with Gasteiger partial charge in [-0.15, -0.1) is 0 Å². The van der Waals surface area contributed by atoms with Gasteiger partial charge in [-0.3, -0.25) is 30.0 Å². The zero-order valence-electron chi connectivity index (χ0n) is 15.0. The second kappa shape index (κ2) is 11.2. The van der Waals surface area contributed by atoms with Crippen molar-refractivity contribution in [2.45, 2.75) is 12.8 Å². The summed E-state index contributed by atoms with van der Waals surface area (Å²) in [6, 6.07) is 13.2. The summed E-state index contributed by atoms with van der Waals surface area (Å²) in [7, 11) is 0. The summed E-state index contributed by atoms with van der Waals surface area (Å²) in [4.78, 5) is 47.0. The first kappa shape index (κ1) is 22.4. The molecule has 29 heavy (non-hydrogen) atoms. The predicted molar refractivity (Wildman–Crippen MR) is 110 cm³/mol. The zero-order chi connectivity index (χ0) is 21.2. The molecule has 0 heterocycles. The number of rotatable bonds is 7. The van der Waals surface area contributed by atoms with Gasteiger partial charge in [-0.25, -0.2) is 0 Å². The third-order valence-corrected chi connectivity index (χ3v) is 4.35. The number of hydrogen-bond acceptors (Lipinski definition) is 5. The van der Waals surface area contributed by atoms with Crippen LogP contribution in [-0.4, -0.2) is 30.3 Å². The number of hydrogen-bond donors (Lipinski definition) is 3. The van der Waals surface area contributed by atoms with E-state index in [0.29, 0.717) is 16.3 Å². The van der Waals surface area contributed by atoms with E-state index in [0.717, 1.165) is 4.47 Å². The molecule has 0 atom stereocenters. The number of esters is 1. The van der Waals surface area contributed by atoms with E-state index in [4.69, 9.17) is 16.3 Å². The first-order chi connectivity index (χ1) is 13.8. The Balaban J connectivity index is 1.64. The molecule has 2 aromatic rings. The Morgan fingerprint density at radius 1 is 0.897 bits per heavy atom. The molecular weight excluding hydrogens is 466 g/mol. The fourth-order valence-corrected chi connectivity index (χ4v) is 2.49. The van der Waals surface area contributed by atoms with Crippen molar-refractivity contribution in [3.05, 3.63) is 63.6 Å². The third kappa shape index (κ3) is 7.92. The lowest BCUT2D eigenvalue weighted by Crippen LogP contribution is -2.43. The maximum absolute atomic E-state index is 11.8. The first-order valence-corrected chi connectivity index (χ1v) is 9.57. The summed E-state index contributed by atoms with van der Waals surface area (Å²) < 4.78 is 5.58. The molecule has 0 bridgehead atoms. The molecule has 2 aromatic carbocycles. The summed E-state index contributed by atoms with van der Waals surface area (Å²) in [5.74, 6) is -2.38. The van der Waals surface area contributed by atoms with E-state index in [-0.39, 0.29) is 12.8 Å². The quantitative estimate of drug-likeness (QED) is 0.415. The van der Waals surface area contributed by atoms with E-state index in [1.54, 1.807) is 48.5 Å². The van der Waals surface area contributed by atoms with E-state index in [2.05, 4.69) is 32.1 Å². The second-order valence-corrected chi connectivity index (χ2v) is 7.02. The van der Waals surface area contributed by atoms with Crippen LogP contribution in [0.3, 0.4) is 0 Å². The highest BCUT2D eigenvalue weighted by Gasteiger charge is 2.12. The van der Waals surface area contributed by atoms with Gasteiger partial charge in [-0.05, 0) is 36.4 Å². The molecular formula is C19H17BrClN3O5. The van der Waals surface area contributed by atoms with Crippen LogP contribution in [0.4, 0.5) is 5.69 Å². The molecule has 3 N–H and O–H groups in total. The summed E-state index contributed by atoms with van der Waals surface area (Å²) in [5.41, 5.74) is 5.12. The Kier molecular flexibility index (Phi) is 8.63. The molecule has 0 unspecified atom stereocenters. The lowest BCUT2D eigenvalue weighted by Gasteiger charge is -2.09. The Hall–Kier alpha value is -2.91. The van der Waals surface area contributed by atoms with Gasteiger partial charge in [0.1, 0.15) is 0 Å². The lowest BCUT2D eigenvalue weighted by atomic mass is 10.2. The number of nitrogens with one attached hydrogen (secondary N) is 3. The number of carbonyl (C=O) groups is 4. The Morgan fingerprint density at radius 2 is 1.59 bits per heavy atom. The molecule has 0 radical (unpaired) electrons. The van der Waals surface area contributed by atoms with E-state index in [1.807, 2.05) is 0 Å². The van der Waals surface area contributed by atoms with Gasteiger partial charge in [0.05, 0.1) is 17.1 Å². The molecule has 0 aliphatic rings. The van der Waals surface area contributed by atoms with Gasteiger partial charge >= 0.3 is 5.97 Å². The molecule has 2 rings (SSSR count). The number of anilines is 1. The smallest absolute Gasteiger partial charge is 0.306 e. The number of amides is 3. The Morgan fingerprint density at radius 3 is 2.28 bits per heavy atom. The van der Waals surface area contributed by atoms with Crippen LogP contribution in [-0.2, 0) is 19.1 Å². The fourth-order valence-electron chi connectivity index (χ4n) is 2.05. The highest BCUT2D eigenvalue weighted by molar-refractivity contribution is 9.10. The van der Waals surface area contributed by atoms with Gasteiger partial charge in [-0.2, -0.15) is 0 Å². The largest absolute Gasteiger partial charge is 0.455 e. The number of halogens is 2. The van der Waals surface area contributed by atoms with Crippen molar-refractivity contribution < 1.29 is 23.9 Å². The zero-order valence-corrected chi connectivity index (χ0v) is 17.4. The standard InChI is InChI=1S/C19H17BrClN3O5/c20-13-7-5-12(6-8-13)19(28)24-23-17(26)11-29-18(27)10-9-16(25)22-15-4-2-1-3-14(15)21/h1-8H,9-11H2,(H,22,25)(H,23,26)(H,24,28). The molecule has 0 aliphatic heterocycles. The number of hydrazine groups is 1. The molecule has 152 valence electrons. The van der Waals surface area contributed by atoms with Gasteiger partial charge in [0, 0.05) is 16.5 Å². The van der Waals surface area contributed by atoms with Crippen molar-refractivity contribution in [2.75, 3.05) is 11.9 Å². The van der Waals surface area contributed by atoms with Gasteiger partial charge in [0.2, 0.25) is 5.91 Å². The molecule has 0 saturated heterocycles. The average molecular weight is 483 g/mol. The molecule has 3 amide bonds. The van der Waals surface area contributed by atoms with E-state index in [9.17, 15) is 19.2 Å². The fraction of sp³-hybridized carbons (Fsp3) is 0.158.